The molecule has 1 heterocycles. The summed E-state index contributed by atoms with van der Waals surface area (Å²) in [5.41, 5.74) is 2.80. The van der Waals surface area contributed by atoms with Crippen LogP contribution in [-0.4, -0.2) is 25.0 Å². The average molecular weight is 172 g/mol. The van der Waals surface area contributed by atoms with Crippen LogP contribution in [0.3, 0.4) is 0 Å². The predicted octanol–water partition coefficient (Wildman–Crippen LogP) is 0.135. The fourth-order valence-corrected chi connectivity index (χ4v) is 2.01. The minimum Gasteiger partial charge on any atom is -0.348 e. The maximum absolute atomic E-state index is 5.58. The van der Waals surface area contributed by atoms with Gasteiger partial charge in [0.2, 0.25) is 0 Å². The van der Waals surface area contributed by atoms with Crippen molar-refractivity contribution < 1.29 is 9.47 Å². The van der Waals surface area contributed by atoms with E-state index in [1.807, 2.05) is 0 Å². The van der Waals surface area contributed by atoms with Gasteiger partial charge >= 0.3 is 0 Å². The Morgan fingerprint density at radius 1 is 1.17 bits per heavy atom. The molecular formula is C8H16N2O2. The summed E-state index contributed by atoms with van der Waals surface area (Å²) in [6, 6.07) is 0.448. The highest BCUT2D eigenvalue weighted by Gasteiger charge is 2.39. The molecule has 2 aliphatic rings. The van der Waals surface area contributed by atoms with Gasteiger partial charge in [0.25, 0.3) is 0 Å². The Balaban J connectivity index is 1.88. The summed E-state index contributed by atoms with van der Waals surface area (Å²) in [7, 11) is 0. The van der Waals surface area contributed by atoms with E-state index in [0.29, 0.717) is 6.04 Å². The van der Waals surface area contributed by atoms with Gasteiger partial charge in [-0.3, -0.25) is 11.3 Å². The normalized spacial score (nSPS) is 29.8. The van der Waals surface area contributed by atoms with E-state index >= 15 is 0 Å². The molecule has 12 heavy (non-hydrogen) atoms. The van der Waals surface area contributed by atoms with Crippen LogP contribution in [0.1, 0.15) is 25.7 Å². The van der Waals surface area contributed by atoms with Gasteiger partial charge in [0.1, 0.15) is 0 Å². The first kappa shape index (κ1) is 8.44. The van der Waals surface area contributed by atoms with Gasteiger partial charge in [0.05, 0.1) is 13.2 Å². The van der Waals surface area contributed by atoms with E-state index in [0.717, 1.165) is 38.9 Å². The number of hydrogen-bond acceptors (Lipinski definition) is 4. The van der Waals surface area contributed by atoms with Gasteiger partial charge in [-0.2, -0.15) is 0 Å². The predicted molar refractivity (Wildman–Crippen MR) is 44.2 cm³/mol. The lowest BCUT2D eigenvalue weighted by Crippen LogP contribution is -2.44. The zero-order valence-corrected chi connectivity index (χ0v) is 7.21. The molecule has 0 bridgehead atoms. The molecule has 3 N–H and O–H groups in total. The van der Waals surface area contributed by atoms with Gasteiger partial charge in [0.15, 0.2) is 5.79 Å². The van der Waals surface area contributed by atoms with Crippen LogP contribution in [0.5, 0.6) is 0 Å². The van der Waals surface area contributed by atoms with Crippen molar-refractivity contribution in [2.45, 2.75) is 37.5 Å². The summed E-state index contributed by atoms with van der Waals surface area (Å²) in [5, 5.41) is 0. The molecule has 0 unspecified atom stereocenters. The Kier molecular flexibility index (Phi) is 2.32. The minimum atomic E-state index is -0.243. The number of hydrogen-bond donors (Lipinski definition) is 2. The largest absolute Gasteiger partial charge is 0.348 e. The zero-order valence-electron chi connectivity index (χ0n) is 7.21. The Bertz CT molecular complexity index is 147. The third-order valence-corrected chi connectivity index (χ3v) is 2.80. The van der Waals surface area contributed by atoms with Crippen molar-refractivity contribution in [2.75, 3.05) is 13.2 Å². The van der Waals surface area contributed by atoms with E-state index in [4.69, 9.17) is 15.3 Å². The molecule has 4 nitrogen and oxygen atoms in total. The van der Waals surface area contributed by atoms with Crippen molar-refractivity contribution in [1.29, 1.82) is 0 Å². The molecule has 0 atom stereocenters. The molecule has 0 radical (unpaired) electrons. The second-order valence-corrected chi connectivity index (χ2v) is 3.55. The molecule has 0 aromatic rings. The summed E-state index contributed by atoms with van der Waals surface area (Å²) >= 11 is 0. The van der Waals surface area contributed by atoms with Crippen LogP contribution in [0.15, 0.2) is 0 Å². The molecule has 1 saturated heterocycles. The number of rotatable bonds is 1. The van der Waals surface area contributed by atoms with Crippen molar-refractivity contribution in [3.05, 3.63) is 0 Å². The van der Waals surface area contributed by atoms with Gasteiger partial charge in [-0.25, -0.2) is 0 Å². The van der Waals surface area contributed by atoms with E-state index in [2.05, 4.69) is 5.43 Å². The molecule has 4 heteroatoms. The third-order valence-electron chi connectivity index (χ3n) is 2.80. The highest BCUT2D eigenvalue weighted by molar-refractivity contribution is 4.84. The fourth-order valence-electron chi connectivity index (χ4n) is 2.01. The fraction of sp³-hybridized carbons (Fsp3) is 1.00. The second kappa shape index (κ2) is 3.30. The van der Waals surface area contributed by atoms with E-state index in [1.165, 1.54) is 0 Å². The molecule has 0 amide bonds. The monoisotopic (exact) mass is 172 g/mol. The summed E-state index contributed by atoms with van der Waals surface area (Å²) < 4.78 is 11.2. The molecule has 0 aromatic heterocycles. The second-order valence-electron chi connectivity index (χ2n) is 3.55. The van der Waals surface area contributed by atoms with E-state index in [-0.39, 0.29) is 5.79 Å². The molecule has 1 spiro atoms. The van der Waals surface area contributed by atoms with E-state index in [1.54, 1.807) is 0 Å². The molecule has 70 valence electrons. The molecule has 1 aliphatic heterocycles. The lowest BCUT2D eigenvalue weighted by molar-refractivity contribution is -0.179. The summed E-state index contributed by atoms with van der Waals surface area (Å²) in [6.45, 7) is 1.50. The smallest absolute Gasteiger partial charge is 0.168 e. The van der Waals surface area contributed by atoms with Gasteiger partial charge in [-0.1, -0.05) is 0 Å². The van der Waals surface area contributed by atoms with Crippen LogP contribution in [0, 0.1) is 0 Å². The van der Waals surface area contributed by atoms with Crippen molar-refractivity contribution in [3.8, 4) is 0 Å². The Hall–Kier alpha value is -0.160. The molecule has 2 rings (SSSR count). The first-order chi connectivity index (χ1) is 5.85. The van der Waals surface area contributed by atoms with Gasteiger partial charge in [-0.05, 0) is 12.8 Å². The zero-order chi connectivity index (χ0) is 8.44. The van der Waals surface area contributed by atoms with Crippen molar-refractivity contribution in [1.82, 2.24) is 5.43 Å². The Morgan fingerprint density at radius 3 is 2.25 bits per heavy atom. The molecule has 1 saturated carbocycles. The maximum Gasteiger partial charge on any atom is 0.168 e. The molecule has 0 aromatic carbocycles. The average Bonchev–Trinajstić information content (AvgIpc) is 2.55. The maximum atomic E-state index is 5.58. The van der Waals surface area contributed by atoms with E-state index in [9.17, 15) is 0 Å². The topological polar surface area (TPSA) is 56.5 Å². The number of nitrogens with two attached hydrogens (primary N) is 1. The quantitative estimate of drug-likeness (QED) is 0.436. The number of ether oxygens (including phenoxy) is 2. The molecular weight excluding hydrogens is 156 g/mol. The van der Waals surface area contributed by atoms with Crippen molar-refractivity contribution >= 4 is 0 Å². The van der Waals surface area contributed by atoms with Crippen LogP contribution in [-0.2, 0) is 9.47 Å². The summed E-state index contributed by atoms with van der Waals surface area (Å²) in [5.74, 6) is 5.12. The van der Waals surface area contributed by atoms with Crippen LogP contribution in [0.4, 0.5) is 0 Å². The van der Waals surface area contributed by atoms with Gasteiger partial charge < -0.3 is 9.47 Å². The van der Waals surface area contributed by atoms with Crippen LogP contribution in [0.2, 0.25) is 0 Å². The van der Waals surface area contributed by atoms with Crippen LogP contribution < -0.4 is 11.3 Å². The van der Waals surface area contributed by atoms with Crippen molar-refractivity contribution in [2.24, 2.45) is 5.84 Å². The minimum absolute atomic E-state index is 0.243. The Labute approximate surface area is 72.4 Å². The molecule has 1 aliphatic carbocycles. The molecule has 2 fully saturated rings. The SMILES string of the molecule is NNC1CCC2(CC1)OCCO2. The number of nitrogens with one attached hydrogen (secondary N) is 1. The summed E-state index contributed by atoms with van der Waals surface area (Å²) in [6.07, 6.45) is 4.05. The van der Waals surface area contributed by atoms with Crippen molar-refractivity contribution in [3.63, 3.8) is 0 Å². The highest BCUT2D eigenvalue weighted by Crippen LogP contribution is 2.35. The lowest BCUT2D eigenvalue weighted by atomic mass is 9.90. The van der Waals surface area contributed by atoms with Crippen LogP contribution in [0.25, 0.3) is 0 Å². The highest BCUT2D eigenvalue weighted by atomic mass is 16.7. The summed E-state index contributed by atoms with van der Waals surface area (Å²) in [4.78, 5) is 0. The lowest BCUT2D eigenvalue weighted by Gasteiger charge is -2.34. The Morgan fingerprint density at radius 2 is 1.75 bits per heavy atom. The third kappa shape index (κ3) is 1.47. The van der Waals surface area contributed by atoms with Gasteiger partial charge in [-0.15, -0.1) is 0 Å². The van der Waals surface area contributed by atoms with E-state index < -0.39 is 0 Å². The van der Waals surface area contributed by atoms with Gasteiger partial charge in [0, 0.05) is 18.9 Å². The first-order valence-electron chi connectivity index (χ1n) is 4.59. The number of hydrazine groups is 1. The standard InChI is InChI=1S/C8H16N2O2/c9-10-7-1-3-8(4-2-7)11-5-6-12-8/h7,10H,1-6,9H2. The van der Waals surface area contributed by atoms with Crippen LogP contribution >= 0.6 is 0 Å². The first-order valence-corrected chi connectivity index (χ1v) is 4.59.